The quantitative estimate of drug-likeness (QED) is 0.640. The average molecular weight is 462 g/mol. The molecule has 0 fully saturated rings. The molecule has 0 aliphatic carbocycles. The van der Waals surface area contributed by atoms with Crippen LogP contribution in [-0.2, 0) is 26.1 Å². The zero-order valence-electron chi connectivity index (χ0n) is 18.9. The highest BCUT2D eigenvalue weighted by Gasteiger charge is 2.34. The lowest BCUT2D eigenvalue weighted by molar-refractivity contribution is -0.151. The standard InChI is InChI=1S/C24H31NO6S/c1-5-20(23(24(26)27)30-6-2)18-12-11-16(3)19(13-18)15-25-14-17(4)31-21-9-7-8-10-22(21)32(25,28)29/h7-13,17,20,23H,5-6,14-15H2,1-4H3,(H,26,27)/t17-,20?,23?/m1/s1. The van der Waals surface area contributed by atoms with Crippen molar-refractivity contribution >= 4 is 16.0 Å². The van der Waals surface area contributed by atoms with Crippen LogP contribution in [-0.4, -0.2) is 49.2 Å². The zero-order chi connectivity index (χ0) is 23.5. The Balaban J connectivity index is 1.98. The third-order valence-corrected chi connectivity index (χ3v) is 7.65. The lowest BCUT2D eigenvalue weighted by atomic mass is 9.88. The largest absolute Gasteiger partial charge is 0.488 e. The third-order valence-electron chi connectivity index (χ3n) is 5.80. The Morgan fingerprint density at radius 1 is 1.25 bits per heavy atom. The maximum Gasteiger partial charge on any atom is 0.333 e. The SMILES string of the molecule is CCOC(C(=O)O)C(CC)c1ccc(C)c(CN2C[C@@H](C)Oc3ccccc3S2(=O)=O)c1. The summed E-state index contributed by atoms with van der Waals surface area (Å²) in [6.07, 6.45) is -0.683. The Bertz CT molecular complexity index is 1070. The minimum absolute atomic E-state index is 0.159. The Morgan fingerprint density at radius 3 is 2.62 bits per heavy atom. The first-order valence-electron chi connectivity index (χ1n) is 10.9. The van der Waals surface area contributed by atoms with Crippen molar-refractivity contribution in [3.05, 3.63) is 59.2 Å². The number of carboxylic acids is 1. The number of para-hydroxylation sites is 1. The summed E-state index contributed by atoms with van der Waals surface area (Å²) in [5.74, 6) is -0.978. The topological polar surface area (TPSA) is 93.1 Å². The van der Waals surface area contributed by atoms with Crippen molar-refractivity contribution in [3.63, 3.8) is 0 Å². The highest BCUT2D eigenvalue weighted by molar-refractivity contribution is 7.89. The van der Waals surface area contributed by atoms with Crippen LogP contribution in [0.3, 0.4) is 0 Å². The van der Waals surface area contributed by atoms with Crippen LogP contribution in [0.15, 0.2) is 47.4 Å². The van der Waals surface area contributed by atoms with E-state index < -0.39 is 22.1 Å². The predicted molar refractivity (Wildman–Crippen MR) is 121 cm³/mol. The number of sulfonamides is 1. The van der Waals surface area contributed by atoms with E-state index in [9.17, 15) is 18.3 Å². The van der Waals surface area contributed by atoms with Crippen molar-refractivity contribution in [3.8, 4) is 5.75 Å². The zero-order valence-corrected chi connectivity index (χ0v) is 19.8. The molecule has 2 unspecified atom stereocenters. The maximum absolute atomic E-state index is 13.4. The maximum atomic E-state index is 13.4. The van der Waals surface area contributed by atoms with Crippen molar-refractivity contribution in [1.82, 2.24) is 4.31 Å². The highest BCUT2D eigenvalue weighted by Crippen LogP contribution is 2.33. The van der Waals surface area contributed by atoms with Gasteiger partial charge >= 0.3 is 5.97 Å². The van der Waals surface area contributed by atoms with Gasteiger partial charge in [0.1, 0.15) is 16.7 Å². The van der Waals surface area contributed by atoms with Crippen molar-refractivity contribution in [2.75, 3.05) is 13.2 Å². The van der Waals surface area contributed by atoms with Crippen LogP contribution in [0.5, 0.6) is 5.75 Å². The average Bonchev–Trinajstić information content (AvgIpc) is 2.83. The molecule has 0 radical (unpaired) electrons. The van der Waals surface area contributed by atoms with E-state index in [0.29, 0.717) is 18.8 Å². The van der Waals surface area contributed by atoms with Gasteiger partial charge in [0, 0.05) is 19.1 Å². The number of aryl methyl sites for hydroxylation is 1. The molecule has 0 bridgehead atoms. The van der Waals surface area contributed by atoms with Gasteiger partial charge in [0.05, 0.1) is 6.54 Å². The molecule has 3 rings (SSSR count). The van der Waals surface area contributed by atoms with Gasteiger partial charge in [-0.05, 0) is 56.0 Å². The predicted octanol–water partition coefficient (Wildman–Crippen LogP) is 3.95. The van der Waals surface area contributed by atoms with Crippen LogP contribution >= 0.6 is 0 Å². The molecule has 0 spiro atoms. The van der Waals surface area contributed by atoms with E-state index in [-0.39, 0.29) is 30.0 Å². The van der Waals surface area contributed by atoms with E-state index in [4.69, 9.17) is 9.47 Å². The fourth-order valence-electron chi connectivity index (χ4n) is 4.13. The molecule has 2 aromatic rings. The second-order valence-electron chi connectivity index (χ2n) is 8.09. The molecule has 1 N–H and O–H groups in total. The number of fused-ring (bicyclic) bond motifs is 1. The molecule has 174 valence electrons. The smallest absolute Gasteiger partial charge is 0.333 e. The van der Waals surface area contributed by atoms with Crippen molar-refractivity contribution in [1.29, 1.82) is 0 Å². The molecule has 0 amide bonds. The Morgan fingerprint density at radius 2 is 1.97 bits per heavy atom. The molecular formula is C24H31NO6S. The van der Waals surface area contributed by atoms with Gasteiger partial charge in [-0.2, -0.15) is 4.31 Å². The van der Waals surface area contributed by atoms with E-state index in [0.717, 1.165) is 16.7 Å². The summed E-state index contributed by atoms with van der Waals surface area (Å²) in [5, 5.41) is 9.65. The number of nitrogens with zero attached hydrogens (tertiary/aromatic N) is 1. The van der Waals surface area contributed by atoms with Crippen molar-refractivity contribution in [2.45, 2.75) is 63.7 Å². The molecule has 0 saturated carbocycles. The number of aliphatic carboxylic acids is 1. The molecule has 7 nitrogen and oxygen atoms in total. The summed E-state index contributed by atoms with van der Waals surface area (Å²) in [7, 11) is -3.75. The van der Waals surface area contributed by atoms with Crippen LogP contribution in [0.4, 0.5) is 0 Å². The first-order valence-corrected chi connectivity index (χ1v) is 12.3. The van der Waals surface area contributed by atoms with Gasteiger partial charge in [-0.3, -0.25) is 0 Å². The Labute approximate surface area is 190 Å². The van der Waals surface area contributed by atoms with Crippen LogP contribution in [0.2, 0.25) is 0 Å². The fourth-order valence-corrected chi connectivity index (χ4v) is 5.75. The minimum atomic E-state index is -3.75. The van der Waals surface area contributed by atoms with Crippen LogP contribution < -0.4 is 4.74 Å². The number of carbonyl (C=O) groups is 1. The second-order valence-corrected chi connectivity index (χ2v) is 9.99. The van der Waals surface area contributed by atoms with E-state index in [1.54, 1.807) is 31.2 Å². The number of carboxylic acid groups (broad SMARTS) is 1. The number of ether oxygens (including phenoxy) is 2. The number of benzene rings is 2. The highest BCUT2D eigenvalue weighted by atomic mass is 32.2. The van der Waals surface area contributed by atoms with Gasteiger partial charge in [-0.15, -0.1) is 0 Å². The van der Waals surface area contributed by atoms with E-state index in [2.05, 4.69) is 0 Å². The summed E-state index contributed by atoms with van der Waals surface area (Å²) in [4.78, 5) is 11.9. The lowest BCUT2D eigenvalue weighted by Gasteiger charge is -2.26. The van der Waals surface area contributed by atoms with Gasteiger partial charge in [-0.25, -0.2) is 13.2 Å². The summed E-state index contributed by atoms with van der Waals surface area (Å²) in [6.45, 7) is 8.16. The van der Waals surface area contributed by atoms with Gasteiger partial charge < -0.3 is 14.6 Å². The van der Waals surface area contributed by atoms with Gasteiger partial charge in [0.25, 0.3) is 0 Å². The molecule has 8 heteroatoms. The van der Waals surface area contributed by atoms with Crippen LogP contribution in [0, 0.1) is 6.92 Å². The number of rotatable bonds is 8. The molecule has 0 saturated heterocycles. The summed E-state index contributed by atoms with van der Waals surface area (Å²) < 4.78 is 39.6. The monoisotopic (exact) mass is 461 g/mol. The molecule has 1 aliphatic rings. The fraction of sp³-hybridized carbons (Fsp3) is 0.458. The normalized spacial score (nSPS) is 19.9. The first-order chi connectivity index (χ1) is 15.2. The lowest BCUT2D eigenvalue weighted by Crippen LogP contribution is -2.35. The van der Waals surface area contributed by atoms with Crippen LogP contribution in [0.1, 0.15) is 49.8 Å². The van der Waals surface area contributed by atoms with E-state index in [1.807, 2.05) is 39.0 Å². The second kappa shape index (κ2) is 10.0. The third kappa shape index (κ3) is 4.98. The van der Waals surface area contributed by atoms with Crippen LogP contribution in [0.25, 0.3) is 0 Å². The van der Waals surface area contributed by atoms with Gasteiger partial charge in [-0.1, -0.05) is 37.3 Å². The number of hydrogen-bond acceptors (Lipinski definition) is 5. The molecule has 32 heavy (non-hydrogen) atoms. The molecular weight excluding hydrogens is 430 g/mol. The summed E-state index contributed by atoms with van der Waals surface area (Å²) in [6, 6.07) is 12.4. The number of hydrogen-bond donors (Lipinski definition) is 1. The Hall–Kier alpha value is -2.42. The first kappa shape index (κ1) is 24.2. The summed E-state index contributed by atoms with van der Waals surface area (Å²) >= 11 is 0. The van der Waals surface area contributed by atoms with E-state index in [1.165, 1.54) is 4.31 Å². The van der Waals surface area contributed by atoms with Gasteiger partial charge in [0.15, 0.2) is 6.10 Å². The molecule has 1 aliphatic heterocycles. The molecule has 1 heterocycles. The molecule has 3 atom stereocenters. The summed E-state index contributed by atoms with van der Waals surface area (Å²) in [5.41, 5.74) is 2.59. The Kier molecular flexibility index (Phi) is 7.59. The van der Waals surface area contributed by atoms with Crippen molar-refractivity contribution < 1.29 is 27.8 Å². The molecule has 0 aromatic heterocycles. The van der Waals surface area contributed by atoms with Crippen molar-refractivity contribution in [2.24, 2.45) is 0 Å². The molecule has 2 aromatic carbocycles. The van der Waals surface area contributed by atoms with Gasteiger partial charge in [0.2, 0.25) is 10.0 Å². The minimum Gasteiger partial charge on any atom is -0.488 e. The van der Waals surface area contributed by atoms with E-state index >= 15 is 0 Å².